The van der Waals surface area contributed by atoms with E-state index in [1.54, 1.807) is 22.5 Å². The Morgan fingerprint density at radius 2 is 1.85 bits per heavy atom. The molecule has 0 saturated carbocycles. The summed E-state index contributed by atoms with van der Waals surface area (Å²) in [5.41, 5.74) is 1.51. The van der Waals surface area contributed by atoms with Gasteiger partial charge in [0, 0.05) is 49.1 Å². The van der Waals surface area contributed by atoms with E-state index in [-0.39, 0.29) is 37.3 Å². The predicted molar refractivity (Wildman–Crippen MR) is 142 cm³/mol. The Morgan fingerprint density at radius 1 is 1.08 bits per heavy atom. The number of fused-ring (bicyclic) bond motifs is 5. The van der Waals surface area contributed by atoms with Crippen molar-refractivity contribution in [3.8, 4) is 11.4 Å². The van der Waals surface area contributed by atoms with Gasteiger partial charge in [-0.15, -0.1) is 0 Å². The highest BCUT2D eigenvalue weighted by Crippen LogP contribution is 2.41. The summed E-state index contributed by atoms with van der Waals surface area (Å²) in [6.07, 6.45) is -0.102. The van der Waals surface area contributed by atoms with Gasteiger partial charge in [-0.3, -0.25) is 14.4 Å². The molecule has 1 saturated heterocycles. The van der Waals surface area contributed by atoms with Crippen LogP contribution in [0.3, 0.4) is 0 Å². The third-order valence-corrected chi connectivity index (χ3v) is 8.07. The molecule has 0 spiro atoms. The van der Waals surface area contributed by atoms with Crippen molar-refractivity contribution in [1.82, 2.24) is 19.4 Å². The van der Waals surface area contributed by atoms with E-state index < -0.39 is 17.5 Å². The largest absolute Gasteiger partial charge is 0.457 e. The molecule has 0 N–H and O–H groups in total. The Hall–Kier alpha value is -4.05. The van der Waals surface area contributed by atoms with Crippen LogP contribution in [0.15, 0.2) is 41.2 Å². The van der Waals surface area contributed by atoms with Crippen LogP contribution in [0.2, 0.25) is 0 Å². The Kier molecular flexibility index (Phi) is 6.22. The molecule has 10 nitrogen and oxygen atoms in total. The van der Waals surface area contributed by atoms with E-state index in [9.17, 15) is 19.2 Å². The van der Waals surface area contributed by atoms with Crippen LogP contribution in [0.25, 0.3) is 22.3 Å². The molecule has 0 aliphatic carbocycles. The SMILES string of the molecule is CC[C@@]1(OC(=O)CCC(=O)N2CCN(C)CC2)C(=O)OCc2c1cc1n(c2=O)Cc2cc3ccccc3nc2-1. The molecule has 1 atom stereocenters. The van der Waals surface area contributed by atoms with Gasteiger partial charge in [-0.2, -0.15) is 0 Å². The summed E-state index contributed by atoms with van der Waals surface area (Å²) < 4.78 is 12.9. The second-order valence-corrected chi connectivity index (χ2v) is 10.4. The van der Waals surface area contributed by atoms with Crippen LogP contribution in [0.1, 0.15) is 42.9 Å². The molecule has 2 aromatic heterocycles. The van der Waals surface area contributed by atoms with E-state index >= 15 is 0 Å². The first-order valence-corrected chi connectivity index (χ1v) is 13.3. The lowest BCUT2D eigenvalue weighted by molar-refractivity contribution is -0.189. The quantitative estimate of drug-likeness (QED) is 0.361. The highest BCUT2D eigenvalue weighted by Gasteiger charge is 2.50. The van der Waals surface area contributed by atoms with E-state index in [4.69, 9.17) is 14.5 Å². The Labute approximate surface area is 225 Å². The molecule has 5 heterocycles. The van der Waals surface area contributed by atoms with Crippen molar-refractivity contribution in [3.63, 3.8) is 0 Å². The van der Waals surface area contributed by atoms with Crippen molar-refractivity contribution in [2.24, 2.45) is 0 Å². The topological polar surface area (TPSA) is 111 Å². The van der Waals surface area contributed by atoms with Gasteiger partial charge in [0.25, 0.3) is 5.56 Å². The monoisotopic (exact) mass is 530 g/mol. The number of carbonyl (C=O) groups is 3. The Morgan fingerprint density at radius 3 is 2.62 bits per heavy atom. The lowest BCUT2D eigenvalue weighted by Crippen LogP contribution is -2.48. The lowest BCUT2D eigenvalue weighted by Gasteiger charge is -2.36. The molecule has 0 bridgehead atoms. The van der Waals surface area contributed by atoms with Crippen LogP contribution >= 0.6 is 0 Å². The summed E-state index contributed by atoms with van der Waals surface area (Å²) in [6.45, 7) is 4.67. The zero-order chi connectivity index (χ0) is 27.3. The van der Waals surface area contributed by atoms with Crippen molar-refractivity contribution in [2.45, 2.75) is 44.9 Å². The Balaban J connectivity index is 1.31. The van der Waals surface area contributed by atoms with E-state index in [2.05, 4.69) is 4.90 Å². The second-order valence-electron chi connectivity index (χ2n) is 10.4. The van der Waals surface area contributed by atoms with Gasteiger partial charge in [0.1, 0.15) is 6.61 Å². The molecule has 0 radical (unpaired) electrons. The molecular formula is C29H30N4O6. The highest BCUT2D eigenvalue weighted by atomic mass is 16.6. The second kappa shape index (κ2) is 9.60. The number of nitrogens with zero attached hydrogens (tertiary/aromatic N) is 4. The van der Waals surface area contributed by atoms with E-state index in [0.717, 1.165) is 29.6 Å². The molecule has 10 heteroatoms. The zero-order valence-corrected chi connectivity index (χ0v) is 22.1. The number of carbonyl (C=O) groups excluding carboxylic acids is 3. The van der Waals surface area contributed by atoms with E-state index in [0.29, 0.717) is 42.1 Å². The third-order valence-electron chi connectivity index (χ3n) is 8.07. The first-order valence-electron chi connectivity index (χ1n) is 13.3. The molecule has 6 rings (SSSR count). The highest BCUT2D eigenvalue weighted by molar-refractivity contribution is 5.89. The fourth-order valence-corrected chi connectivity index (χ4v) is 5.75. The molecular weight excluding hydrogens is 500 g/mol. The number of rotatable bonds is 5. The first kappa shape index (κ1) is 25.2. The molecule has 3 aliphatic rings. The van der Waals surface area contributed by atoms with Crippen LogP contribution in [0.5, 0.6) is 0 Å². The number of ether oxygens (including phenoxy) is 2. The van der Waals surface area contributed by atoms with Crippen molar-refractivity contribution >= 4 is 28.7 Å². The number of hydrogen-bond donors (Lipinski definition) is 0. The average molecular weight is 531 g/mol. The summed E-state index contributed by atoms with van der Waals surface area (Å²) >= 11 is 0. The van der Waals surface area contributed by atoms with Crippen molar-refractivity contribution in [1.29, 1.82) is 0 Å². The summed E-state index contributed by atoms with van der Waals surface area (Å²) in [5.74, 6) is -1.53. The Bertz CT molecular complexity index is 1570. The molecule has 202 valence electrons. The predicted octanol–water partition coefficient (Wildman–Crippen LogP) is 2.18. The maximum atomic E-state index is 13.6. The van der Waals surface area contributed by atoms with Gasteiger partial charge in [0.15, 0.2) is 0 Å². The standard InChI is InChI=1S/C29H30N4O6/c1-3-29(39-25(35)9-8-24(34)32-12-10-31(2)11-13-32)21-15-23-26-19(14-18-6-4-5-7-22(18)30-26)16-33(23)27(36)20(21)17-38-28(29)37/h4-7,14-15H,3,8-13,16-17H2,1-2H3/t29-/m0/s1. The van der Waals surface area contributed by atoms with Gasteiger partial charge >= 0.3 is 11.9 Å². The number of hydrogen-bond acceptors (Lipinski definition) is 8. The molecule has 1 fully saturated rings. The van der Waals surface area contributed by atoms with E-state index in [1.165, 1.54) is 0 Å². The number of likely N-dealkylation sites (N-methyl/N-ethyl adjacent to an activating group) is 1. The van der Waals surface area contributed by atoms with Crippen LogP contribution in [-0.4, -0.2) is 70.4 Å². The number of cyclic esters (lactones) is 1. The van der Waals surface area contributed by atoms with Crippen LogP contribution in [0, 0.1) is 0 Å². The van der Waals surface area contributed by atoms with Gasteiger partial charge in [-0.1, -0.05) is 25.1 Å². The molecule has 3 aliphatic heterocycles. The molecule has 0 unspecified atom stereocenters. The number of esters is 2. The molecule has 3 aromatic rings. The van der Waals surface area contributed by atoms with Crippen LogP contribution < -0.4 is 5.56 Å². The first-order chi connectivity index (χ1) is 18.8. The van der Waals surface area contributed by atoms with Gasteiger partial charge in [0.2, 0.25) is 11.5 Å². The van der Waals surface area contributed by atoms with Crippen LogP contribution in [0.4, 0.5) is 0 Å². The summed E-state index contributed by atoms with van der Waals surface area (Å²) in [5, 5.41) is 0.975. The number of aromatic nitrogens is 2. The van der Waals surface area contributed by atoms with Crippen molar-refractivity contribution in [2.75, 3.05) is 33.2 Å². The minimum absolute atomic E-state index is 0.0124. The minimum atomic E-state index is -1.77. The third kappa shape index (κ3) is 4.19. The van der Waals surface area contributed by atoms with Gasteiger partial charge in [-0.05, 0) is 31.7 Å². The number of amides is 1. The fraction of sp³-hybridized carbons (Fsp3) is 0.414. The van der Waals surface area contributed by atoms with Crippen molar-refractivity contribution < 1.29 is 23.9 Å². The zero-order valence-electron chi connectivity index (χ0n) is 22.1. The number of piperazine rings is 1. The maximum absolute atomic E-state index is 13.6. The lowest BCUT2D eigenvalue weighted by atomic mass is 9.85. The molecule has 1 aromatic carbocycles. The van der Waals surface area contributed by atoms with E-state index in [1.807, 2.05) is 37.4 Å². The number of pyridine rings is 2. The van der Waals surface area contributed by atoms with Crippen molar-refractivity contribution in [3.05, 3.63) is 63.4 Å². The summed E-state index contributed by atoms with van der Waals surface area (Å²) in [6, 6.07) is 11.5. The molecule has 39 heavy (non-hydrogen) atoms. The average Bonchev–Trinajstić information content (AvgIpc) is 3.30. The smallest absolute Gasteiger partial charge is 0.355 e. The van der Waals surface area contributed by atoms with Gasteiger partial charge < -0.3 is 23.8 Å². The molecule has 1 amide bonds. The summed E-state index contributed by atoms with van der Waals surface area (Å²) in [4.78, 5) is 61.2. The fourth-order valence-electron chi connectivity index (χ4n) is 5.75. The number of para-hydroxylation sites is 1. The minimum Gasteiger partial charge on any atom is -0.457 e. The van der Waals surface area contributed by atoms with Crippen LogP contribution in [-0.2, 0) is 42.6 Å². The van der Waals surface area contributed by atoms with Gasteiger partial charge in [-0.25, -0.2) is 9.78 Å². The summed E-state index contributed by atoms with van der Waals surface area (Å²) in [7, 11) is 2.00. The normalized spacial score (nSPS) is 20.3. The maximum Gasteiger partial charge on any atom is 0.355 e. The van der Waals surface area contributed by atoms with Gasteiger partial charge in [0.05, 0.1) is 35.4 Å². The number of benzene rings is 1.